The van der Waals surface area contributed by atoms with E-state index in [-0.39, 0.29) is 0 Å². The van der Waals surface area contributed by atoms with Crippen molar-refractivity contribution < 1.29 is 4.39 Å². The van der Waals surface area contributed by atoms with Gasteiger partial charge in [-0.3, -0.25) is 0 Å². The molecule has 1 nitrogen and oxygen atoms in total. The highest BCUT2D eigenvalue weighted by atomic mass is 35.5. The zero-order valence-corrected chi connectivity index (χ0v) is 6.19. The average Bonchev–Trinajstić information content (AvgIpc) is 1.84. The van der Waals surface area contributed by atoms with Crippen molar-refractivity contribution in [3.05, 3.63) is 0 Å². The second-order valence-electron chi connectivity index (χ2n) is 2.04. The van der Waals surface area contributed by atoms with Gasteiger partial charge in [-0.2, -0.15) is 5.26 Å². The first kappa shape index (κ1) is 8.71. The lowest BCUT2D eigenvalue weighted by atomic mass is 10.1. The lowest BCUT2D eigenvalue weighted by Crippen LogP contribution is -2.19. The molecule has 0 fully saturated rings. The molecule has 0 saturated carbocycles. The Labute approximate surface area is 59.4 Å². The molecule has 2 unspecified atom stereocenters. The van der Waals surface area contributed by atoms with E-state index in [2.05, 4.69) is 0 Å². The summed E-state index contributed by atoms with van der Waals surface area (Å²) in [4.78, 5) is 0. The molecule has 0 aromatic carbocycles. The summed E-state index contributed by atoms with van der Waals surface area (Å²) in [5.41, 5.74) is 0. The van der Waals surface area contributed by atoms with Crippen molar-refractivity contribution in [2.24, 2.45) is 5.92 Å². The first-order chi connectivity index (χ1) is 4.09. The van der Waals surface area contributed by atoms with Crippen LogP contribution >= 0.6 is 11.6 Å². The van der Waals surface area contributed by atoms with Crippen molar-refractivity contribution >= 4 is 11.6 Å². The van der Waals surface area contributed by atoms with Gasteiger partial charge < -0.3 is 0 Å². The monoisotopic (exact) mass is 149 g/mol. The van der Waals surface area contributed by atoms with Crippen LogP contribution in [0.2, 0.25) is 0 Å². The van der Waals surface area contributed by atoms with E-state index >= 15 is 0 Å². The van der Waals surface area contributed by atoms with Gasteiger partial charge in [0.1, 0.15) is 6.17 Å². The van der Waals surface area contributed by atoms with Crippen molar-refractivity contribution in [1.29, 1.82) is 5.26 Å². The van der Waals surface area contributed by atoms with Crippen LogP contribution in [-0.2, 0) is 0 Å². The third-order valence-corrected chi connectivity index (χ3v) is 1.85. The van der Waals surface area contributed by atoms with E-state index in [0.717, 1.165) is 0 Å². The molecule has 9 heavy (non-hydrogen) atoms. The largest absolute Gasteiger partial charge is 0.246 e. The summed E-state index contributed by atoms with van der Waals surface area (Å²) in [6.45, 7) is 2.96. The van der Waals surface area contributed by atoms with E-state index in [9.17, 15) is 4.39 Å². The van der Waals surface area contributed by atoms with Crippen LogP contribution in [0.4, 0.5) is 4.39 Å². The van der Waals surface area contributed by atoms with Gasteiger partial charge in [0.15, 0.2) is 0 Å². The molecular weight excluding hydrogens is 141 g/mol. The van der Waals surface area contributed by atoms with E-state index in [1.165, 1.54) is 6.92 Å². The predicted molar refractivity (Wildman–Crippen MR) is 35.0 cm³/mol. The fourth-order valence-corrected chi connectivity index (χ4v) is 0.525. The van der Waals surface area contributed by atoms with Gasteiger partial charge in [-0.05, 0) is 13.8 Å². The maximum absolute atomic E-state index is 12.2. The van der Waals surface area contributed by atoms with Gasteiger partial charge >= 0.3 is 0 Å². The molecule has 0 aliphatic heterocycles. The van der Waals surface area contributed by atoms with Crippen molar-refractivity contribution in [2.45, 2.75) is 25.4 Å². The zero-order chi connectivity index (χ0) is 7.44. The van der Waals surface area contributed by atoms with Crippen LogP contribution in [0.5, 0.6) is 0 Å². The third kappa shape index (κ3) is 2.67. The summed E-state index contributed by atoms with van der Waals surface area (Å²) in [6, 6.07) is 1.87. The van der Waals surface area contributed by atoms with Gasteiger partial charge in [-0.25, -0.2) is 4.39 Å². The standard InChI is InChI=1S/C6H9ClFN/c1-4(3-9)6(7)5(2)8/h4-6H,1-2H3/t4-,5?,6?/m1/s1. The van der Waals surface area contributed by atoms with Crippen LogP contribution in [0.1, 0.15) is 13.8 Å². The van der Waals surface area contributed by atoms with Gasteiger partial charge in [0.2, 0.25) is 0 Å². The van der Waals surface area contributed by atoms with Gasteiger partial charge in [-0.1, -0.05) is 0 Å². The summed E-state index contributed by atoms with van der Waals surface area (Å²) in [6.07, 6.45) is -1.11. The molecule has 0 saturated heterocycles. The number of hydrogen-bond donors (Lipinski definition) is 0. The number of nitriles is 1. The fraction of sp³-hybridized carbons (Fsp3) is 0.833. The Morgan fingerprint density at radius 2 is 2.00 bits per heavy atom. The molecule has 0 heterocycles. The Bertz CT molecular complexity index is 119. The number of alkyl halides is 2. The maximum atomic E-state index is 12.2. The lowest BCUT2D eigenvalue weighted by molar-refractivity contribution is 0.325. The number of hydrogen-bond acceptors (Lipinski definition) is 1. The van der Waals surface area contributed by atoms with Crippen molar-refractivity contribution in [1.82, 2.24) is 0 Å². The summed E-state index contributed by atoms with van der Waals surface area (Å²) < 4.78 is 12.2. The fourth-order valence-electron chi connectivity index (χ4n) is 0.469. The molecule has 3 heteroatoms. The Morgan fingerprint density at radius 1 is 1.56 bits per heavy atom. The first-order valence-electron chi connectivity index (χ1n) is 2.77. The molecule has 0 radical (unpaired) electrons. The lowest BCUT2D eigenvalue weighted by Gasteiger charge is -2.10. The Balaban J connectivity index is 3.76. The second-order valence-corrected chi connectivity index (χ2v) is 2.54. The minimum absolute atomic E-state index is 0.410. The number of rotatable bonds is 2. The summed E-state index contributed by atoms with van der Waals surface area (Å²) in [5.74, 6) is -0.410. The third-order valence-electron chi connectivity index (χ3n) is 1.12. The number of nitrogens with zero attached hydrogens (tertiary/aromatic N) is 1. The Kier molecular flexibility index (Phi) is 3.56. The SMILES string of the molecule is CC(F)C(Cl)[C@H](C)C#N. The molecule has 0 aromatic heterocycles. The van der Waals surface area contributed by atoms with Crippen LogP contribution in [0, 0.1) is 17.2 Å². The van der Waals surface area contributed by atoms with Crippen molar-refractivity contribution in [3.63, 3.8) is 0 Å². The van der Waals surface area contributed by atoms with Crippen LogP contribution in [0.15, 0.2) is 0 Å². The van der Waals surface area contributed by atoms with Crippen molar-refractivity contribution in [2.75, 3.05) is 0 Å². The molecule has 0 spiro atoms. The second kappa shape index (κ2) is 3.68. The van der Waals surface area contributed by atoms with Crippen molar-refractivity contribution in [3.8, 4) is 6.07 Å². The maximum Gasteiger partial charge on any atom is 0.115 e. The topological polar surface area (TPSA) is 23.8 Å². The van der Waals surface area contributed by atoms with Crippen LogP contribution in [-0.4, -0.2) is 11.5 Å². The van der Waals surface area contributed by atoms with E-state index in [4.69, 9.17) is 16.9 Å². The minimum atomic E-state index is -1.11. The molecule has 52 valence electrons. The normalized spacial score (nSPS) is 19.9. The molecule has 0 aliphatic carbocycles. The Morgan fingerprint density at radius 3 is 2.11 bits per heavy atom. The first-order valence-corrected chi connectivity index (χ1v) is 3.21. The molecular formula is C6H9ClFN. The van der Waals surface area contributed by atoms with E-state index in [1.807, 2.05) is 6.07 Å². The zero-order valence-electron chi connectivity index (χ0n) is 5.44. The quantitative estimate of drug-likeness (QED) is 0.552. The van der Waals surface area contributed by atoms with Gasteiger partial charge in [0.05, 0.1) is 17.4 Å². The van der Waals surface area contributed by atoms with E-state index < -0.39 is 17.5 Å². The molecule has 3 atom stereocenters. The predicted octanol–water partition coefficient (Wildman–Crippen LogP) is 2.11. The molecule has 0 aromatic rings. The number of halogens is 2. The van der Waals surface area contributed by atoms with Crippen LogP contribution in [0.3, 0.4) is 0 Å². The van der Waals surface area contributed by atoms with Crippen LogP contribution < -0.4 is 0 Å². The van der Waals surface area contributed by atoms with Gasteiger partial charge in [-0.15, -0.1) is 11.6 Å². The van der Waals surface area contributed by atoms with Crippen LogP contribution in [0.25, 0.3) is 0 Å². The van der Waals surface area contributed by atoms with Gasteiger partial charge in [0.25, 0.3) is 0 Å². The molecule has 0 bridgehead atoms. The van der Waals surface area contributed by atoms with Gasteiger partial charge in [0, 0.05) is 0 Å². The molecule has 0 amide bonds. The summed E-state index contributed by atoms with van der Waals surface area (Å²) >= 11 is 5.47. The highest BCUT2D eigenvalue weighted by Gasteiger charge is 2.19. The Hall–Kier alpha value is -0.290. The minimum Gasteiger partial charge on any atom is -0.246 e. The smallest absolute Gasteiger partial charge is 0.115 e. The average molecular weight is 150 g/mol. The highest BCUT2D eigenvalue weighted by molar-refractivity contribution is 6.21. The summed E-state index contributed by atoms with van der Waals surface area (Å²) in [7, 11) is 0. The molecule has 0 rings (SSSR count). The molecule has 0 aliphatic rings. The summed E-state index contributed by atoms with van der Waals surface area (Å²) in [5, 5.41) is 7.58. The van der Waals surface area contributed by atoms with E-state index in [1.54, 1.807) is 6.92 Å². The van der Waals surface area contributed by atoms with E-state index in [0.29, 0.717) is 0 Å². The highest BCUT2D eigenvalue weighted by Crippen LogP contribution is 2.15. The molecule has 0 N–H and O–H groups in total.